The van der Waals surface area contributed by atoms with Gasteiger partial charge in [-0.15, -0.1) is 0 Å². The molecule has 0 spiro atoms. The molecule has 0 unspecified atom stereocenters. The van der Waals surface area contributed by atoms with Crippen LogP contribution in [0.15, 0.2) is 59.6 Å². The summed E-state index contributed by atoms with van der Waals surface area (Å²) in [5.41, 5.74) is 0.942. The Hall–Kier alpha value is -2.62. The van der Waals surface area contributed by atoms with Crippen LogP contribution in [0.25, 0.3) is 6.08 Å². The van der Waals surface area contributed by atoms with Crippen LogP contribution in [0.5, 0.6) is 0 Å². The molecular weight excluding hydrogens is 256 g/mol. The predicted molar refractivity (Wildman–Crippen MR) is 74.6 cm³/mol. The van der Waals surface area contributed by atoms with Gasteiger partial charge in [0.1, 0.15) is 11.3 Å². The van der Waals surface area contributed by atoms with Crippen molar-refractivity contribution in [3.05, 3.63) is 65.1 Å². The number of benzene rings is 1. The monoisotopic (exact) mass is 270 g/mol. The van der Waals surface area contributed by atoms with Gasteiger partial charge in [0, 0.05) is 6.08 Å². The number of carbonyl (C=O) groups excluding carboxylic acids is 2. The van der Waals surface area contributed by atoms with Gasteiger partial charge in [-0.25, -0.2) is 0 Å². The molecule has 1 aromatic rings. The van der Waals surface area contributed by atoms with Gasteiger partial charge < -0.3 is 9.47 Å². The number of methoxy groups -OCH3 is 2. The molecule has 0 N–H and O–H groups in total. The fourth-order valence-corrected chi connectivity index (χ4v) is 1.87. The number of ether oxygens (including phenoxy) is 2. The van der Waals surface area contributed by atoms with Gasteiger partial charge in [0.2, 0.25) is 5.78 Å². The van der Waals surface area contributed by atoms with Crippen LogP contribution < -0.4 is 0 Å². The highest BCUT2D eigenvalue weighted by Crippen LogP contribution is 2.22. The van der Waals surface area contributed by atoms with E-state index in [2.05, 4.69) is 0 Å². The lowest BCUT2D eigenvalue weighted by atomic mass is 10.1. The Labute approximate surface area is 117 Å². The lowest BCUT2D eigenvalue weighted by Crippen LogP contribution is -2.08. The maximum atomic E-state index is 12.0. The molecule has 4 heteroatoms. The first-order valence-corrected chi connectivity index (χ1v) is 6.03. The van der Waals surface area contributed by atoms with Crippen LogP contribution >= 0.6 is 0 Å². The number of ketones is 2. The number of carbonyl (C=O) groups is 2. The third-order valence-electron chi connectivity index (χ3n) is 2.87. The molecule has 1 aromatic carbocycles. The number of hydrogen-bond acceptors (Lipinski definition) is 4. The van der Waals surface area contributed by atoms with Gasteiger partial charge in [-0.2, -0.15) is 0 Å². The Balaban J connectivity index is 2.33. The van der Waals surface area contributed by atoms with Crippen molar-refractivity contribution in [2.75, 3.05) is 14.2 Å². The first kappa shape index (κ1) is 13.8. The van der Waals surface area contributed by atoms with E-state index < -0.39 is 11.6 Å². The molecule has 0 aliphatic heterocycles. The van der Waals surface area contributed by atoms with E-state index in [1.54, 1.807) is 12.2 Å². The minimum atomic E-state index is -0.452. The topological polar surface area (TPSA) is 52.6 Å². The molecule has 0 amide bonds. The van der Waals surface area contributed by atoms with Gasteiger partial charge in [-0.1, -0.05) is 36.4 Å². The molecule has 20 heavy (non-hydrogen) atoms. The minimum absolute atomic E-state index is 0.00321. The third kappa shape index (κ3) is 2.69. The maximum absolute atomic E-state index is 12.0. The molecule has 0 saturated heterocycles. The lowest BCUT2D eigenvalue weighted by Gasteiger charge is -2.04. The summed E-state index contributed by atoms with van der Waals surface area (Å²) in [4.78, 5) is 23.8. The summed E-state index contributed by atoms with van der Waals surface area (Å²) in [5, 5.41) is 0. The fraction of sp³-hybridized carbons (Fsp3) is 0.125. The number of hydrogen-bond donors (Lipinski definition) is 0. The summed E-state index contributed by atoms with van der Waals surface area (Å²) in [6.07, 6.45) is 4.55. The van der Waals surface area contributed by atoms with Crippen molar-refractivity contribution in [3.63, 3.8) is 0 Å². The number of rotatable bonds is 4. The summed E-state index contributed by atoms with van der Waals surface area (Å²) in [7, 11) is 2.77. The van der Waals surface area contributed by atoms with Crippen LogP contribution in [-0.2, 0) is 19.1 Å². The van der Waals surface area contributed by atoms with Gasteiger partial charge >= 0.3 is 0 Å². The van der Waals surface area contributed by atoms with Gasteiger partial charge in [0.15, 0.2) is 11.5 Å². The Morgan fingerprint density at radius 2 is 1.80 bits per heavy atom. The first-order valence-electron chi connectivity index (χ1n) is 6.03. The second-order valence-corrected chi connectivity index (χ2v) is 4.09. The average Bonchev–Trinajstić information content (AvgIpc) is 2.76. The van der Waals surface area contributed by atoms with Crippen molar-refractivity contribution in [1.29, 1.82) is 0 Å². The second kappa shape index (κ2) is 6.02. The summed E-state index contributed by atoms with van der Waals surface area (Å²) in [6.45, 7) is 0. The Bertz CT molecular complexity index is 621. The van der Waals surface area contributed by atoms with Crippen molar-refractivity contribution < 1.29 is 19.1 Å². The molecule has 0 fully saturated rings. The van der Waals surface area contributed by atoms with Crippen LogP contribution in [0.3, 0.4) is 0 Å². The van der Waals surface area contributed by atoms with Crippen molar-refractivity contribution in [3.8, 4) is 0 Å². The van der Waals surface area contributed by atoms with E-state index in [0.717, 1.165) is 5.56 Å². The molecule has 1 aliphatic rings. The van der Waals surface area contributed by atoms with Crippen molar-refractivity contribution in [2.45, 2.75) is 0 Å². The highest BCUT2D eigenvalue weighted by atomic mass is 16.5. The largest absolute Gasteiger partial charge is 0.496 e. The lowest BCUT2D eigenvalue weighted by molar-refractivity contribution is -0.117. The van der Waals surface area contributed by atoms with E-state index in [-0.39, 0.29) is 17.1 Å². The second-order valence-electron chi connectivity index (χ2n) is 4.09. The molecule has 1 aliphatic carbocycles. The summed E-state index contributed by atoms with van der Waals surface area (Å²) >= 11 is 0. The standard InChI is InChI=1S/C16H14O4/c1-19-13(9-8-11-6-4-3-5-7-11)15-12(17)10-14(20-2)16(15)18/h3-10H,1-2H3. The van der Waals surface area contributed by atoms with Crippen molar-refractivity contribution in [2.24, 2.45) is 0 Å². The molecule has 0 bridgehead atoms. The van der Waals surface area contributed by atoms with Gasteiger partial charge in [0.05, 0.1) is 14.2 Å². The molecule has 2 rings (SSSR count). The Kier molecular flexibility index (Phi) is 4.15. The molecular formula is C16H14O4. The van der Waals surface area contributed by atoms with E-state index in [9.17, 15) is 9.59 Å². The SMILES string of the molecule is COC1=CC(=O)C(=C(C=Cc2ccccc2)OC)C1=O. The zero-order valence-electron chi connectivity index (χ0n) is 11.3. The molecule has 102 valence electrons. The van der Waals surface area contributed by atoms with Crippen molar-refractivity contribution in [1.82, 2.24) is 0 Å². The number of allylic oxidation sites excluding steroid dienone is 3. The molecule has 0 heterocycles. The van der Waals surface area contributed by atoms with E-state index in [1.165, 1.54) is 20.3 Å². The first-order chi connectivity index (χ1) is 9.67. The smallest absolute Gasteiger partial charge is 0.235 e. The summed E-state index contributed by atoms with van der Waals surface area (Å²) in [6, 6.07) is 9.52. The van der Waals surface area contributed by atoms with Gasteiger partial charge in [-0.3, -0.25) is 9.59 Å². The highest BCUT2D eigenvalue weighted by Gasteiger charge is 2.32. The maximum Gasteiger partial charge on any atom is 0.235 e. The molecule has 4 nitrogen and oxygen atoms in total. The predicted octanol–water partition coefficient (Wildman–Crippen LogP) is 2.28. The van der Waals surface area contributed by atoms with E-state index in [1.807, 2.05) is 30.3 Å². The average molecular weight is 270 g/mol. The van der Waals surface area contributed by atoms with Crippen LogP contribution in [0.1, 0.15) is 5.56 Å². The van der Waals surface area contributed by atoms with Crippen LogP contribution in [0.2, 0.25) is 0 Å². The third-order valence-corrected chi connectivity index (χ3v) is 2.87. The van der Waals surface area contributed by atoms with Gasteiger partial charge in [-0.05, 0) is 11.6 Å². The molecule has 0 radical (unpaired) electrons. The Morgan fingerprint density at radius 3 is 2.35 bits per heavy atom. The van der Waals surface area contributed by atoms with Crippen molar-refractivity contribution >= 4 is 17.6 Å². The zero-order chi connectivity index (χ0) is 14.5. The molecule has 0 aromatic heterocycles. The number of Topliss-reactive ketones (excluding diaryl/α,β-unsaturated/α-hetero) is 1. The fourth-order valence-electron chi connectivity index (χ4n) is 1.87. The van der Waals surface area contributed by atoms with Crippen LogP contribution in [-0.4, -0.2) is 25.8 Å². The van der Waals surface area contributed by atoms with E-state index >= 15 is 0 Å². The quantitative estimate of drug-likeness (QED) is 0.478. The summed E-state index contributed by atoms with van der Waals surface area (Å²) < 4.78 is 10.0. The Morgan fingerprint density at radius 1 is 1.10 bits per heavy atom. The highest BCUT2D eigenvalue weighted by molar-refractivity contribution is 6.35. The van der Waals surface area contributed by atoms with Crippen LogP contribution in [0, 0.1) is 0 Å². The van der Waals surface area contributed by atoms with E-state index in [0.29, 0.717) is 0 Å². The molecule has 0 saturated carbocycles. The van der Waals surface area contributed by atoms with Gasteiger partial charge in [0.25, 0.3) is 0 Å². The molecule has 0 atom stereocenters. The van der Waals surface area contributed by atoms with Crippen LogP contribution in [0.4, 0.5) is 0 Å². The van der Waals surface area contributed by atoms with E-state index in [4.69, 9.17) is 9.47 Å². The summed E-state index contributed by atoms with van der Waals surface area (Å²) in [5.74, 6) is -0.590. The zero-order valence-corrected chi connectivity index (χ0v) is 11.3. The minimum Gasteiger partial charge on any atom is -0.496 e. The normalized spacial score (nSPS) is 17.4.